The van der Waals surface area contributed by atoms with Gasteiger partial charge >= 0.3 is 39.6 Å². The standard InChI is InChI=1S/3C19H35O3.C3H7O.Ti/c3*1-3-4-5-12-15-18(20)16-13-10-8-6-7-9-11-14-17-19(21)22-2;1-3(2)4;/h3*10,13,18H,3-9,11-12,14-17H2,1-2H3;3H,1-2H3;/q4*-1;+4. The first-order chi connectivity index (χ1) is 33.8. The number of methoxy groups -OCH3 is 3. The van der Waals surface area contributed by atoms with Crippen LogP contribution >= 0.6 is 0 Å². The van der Waals surface area contributed by atoms with E-state index in [2.05, 4.69) is 71.4 Å². The Kier molecular flexibility index (Phi) is 75.0. The van der Waals surface area contributed by atoms with Gasteiger partial charge in [-0.15, -0.1) is 24.4 Å². The van der Waals surface area contributed by atoms with Crippen LogP contribution in [0.1, 0.15) is 285 Å². The summed E-state index contributed by atoms with van der Waals surface area (Å²) in [5.74, 6) is -0.320. The molecule has 0 aromatic carbocycles. The molecule has 416 valence electrons. The SMILES string of the molecule is CC(C)[O-].CCCCCCC([O-])CC=CCCCCCCCC(=O)OC.CCCCCCC([O-])CC=CCCCCCCCC(=O)OC.CCCCCCC([O-])CC=CCCCCCCCC(=O)OC.[Ti+4]. The average molecular weight is 1040 g/mol. The predicted octanol–water partition coefficient (Wildman–Crippen LogP) is 13.4. The van der Waals surface area contributed by atoms with Crippen molar-refractivity contribution in [1.82, 2.24) is 0 Å². The third kappa shape index (κ3) is 79.8. The Bertz CT molecular complexity index is 1010. The van der Waals surface area contributed by atoms with Crippen molar-refractivity contribution in [3.8, 4) is 0 Å². The Morgan fingerprint density at radius 1 is 0.352 bits per heavy atom. The molecule has 0 bridgehead atoms. The third-order valence-corrected chi connectivity index (χ3v) is 11.8. The van der Waals surface area contributed by atoms with Gasteiger partial charge in [0.25, 0.3) is 0 Å². The summed E-state index contributed by atoms with van der Waals surface area (Å²) in [6.45, 7) is 9.80. The second kappa shape index (κ2) is 68.2. The molecule has 71 heavy (non-hydrogen) atoms. The molecule has 0 aliphatic rings. The minimum atomic E-state index is -0.417. The van der Waals surface area contributed by atoms with Gasteiger partial charge in [-0.05, 0) is 77.0 Å². The first kappa shape index (κ1) is 78.1. The molecule has 3 unspecified atom stereocenters. The Morgan fingerprint density at radius 2 is 0.563 bits per heavy atom. The van der Waals surface area contributed by atoms with E-state index in [1.807, 2.05) is 0 Å². The van der Waals surface area contributed by atoms with Gasteiger partial charge in [0.05, 0.1) is 21.3 Å². The van der Waals surface area contributed by atoms with Crippen molar-refractivity contribution in [2.24, 2.45) is 0 Å². The molecule has 3 atom stereocenters. The van der Waals surface area contributed by atoms with Gasteiger partial charge in [-0.25, -0.2) is 0 Å². The number of carbonyl (C=O) groups is 3. The monoisotopic (exact) mass is 1040 g/mol. The van der Waals surface area contributed by atoms with Gasteiger partial charge in [-0.1, -0.05) is 225 Å². The van der Waals surface area contributed by atoms with E-state index in [1.54, 1.807) is 13.8 Å². The van der Waals surface area contributed by atoms with Crippen LogP contribution in [0.15, 0.2) is 36.5 Å². The zero-order chi connectivity index (χ0) is 53.0. The fraction of sp³-hybridized carbons (Fsp3) is 0.850. The molecule has 0 aromatic rings. The van der Waals surface area contributed by atoms with Crippen molar-refractivity contribution in [3.05, 3.63) is 36.5 Å². The van der Waals surface area contributed by atoms with Crippen molar-refractivity contribution in [3.63, 3.8) is 0 Å². The number of rotatable bonds is 45. The maximum Gasteiger partial charge on any atom is 4.00 e. The van der Waals surface area contributed by atoms with Crippen LogP contribution < -0.4 is 20.4 Å². The van der Waals surface area contributed by atoms with Gasteiger partial charge in [-0.3, -0.25) is 14.4 Å². The normalized spacial score (nSPS) is 12.3. The summed E-state index contributed by atoms with van der Waals surface area (Å²) in [6.07, 6.45) is 51.4. The van der Waals surface area contributed by atoms with Gasteiger partial charge in [0.15, 0.2) is 0 Å². The van der Waals surface area contributed by atoms with E-state index in [4.69, 9.17) is 0 Å². The Balaban J connectivity index is -0.000000293. The van der Waals surface area contributed by atoms with E-state index in [0.717, 1.165) is 96.3 Å². The predicted molar refractivity (Wildman–Crippen MR) is 287 cm³/mol. The van der Waals surface area contributed by atoms with Gasteiger partial charge in [-0.2, -0.15) is 0 Å². The van der Waals surface area contributed by atoms with Crippen molar-refractivity contribution >= 4 is 17.9 Å². The minimum Gasteiger partial charge on any atom is -0.852 e. The number of hydrogen-bond acceptors (Lipinski definition) is 10. The van der Waals surface area contributed by atoms with Crippen LogP contribution in [0.5, 0.6) is 0 Å². The van der Waals surface area contributed by atoms with Crippen molar-refractivity contribution < 1.29 is 70.7 Å². The molecule has 0 amide bonds. The van der Waals surface area contributed by atoms with E-state index in [-0.39, 0.29) is 39.6 Å². The Morgan fingerprint density at radius 3 is 0.789 bits per heavy atom. The first-order valence-corrected chi connectivity index (χ1v) is 28.6. The number of carbonyl (C=O) groups excluding carboxylic acids is 3. The molecule has 0 rings (SSSR count). The molecule has 0 aromatic heterocycles. The molecule has 0 saturated carbocycles. The average Bonchev–Trinajstić information content (AvgIpc) is 3.34. The maximum atomic E-state index is 11.7. The van der Waals surface area contributed by atoms with Gasteiger partial charge in [0.1, 0.15) is 0 Å². The summed E-state index contributed by atoms with van der Waals surface area (Å²) in [5, 5.41) is 44.6. The van der Waals surface area contributed by atoms with E-state index in [9.17, 15) is 34.8 Å². The fourth-order valence-corrected chi connectivity index (χ4v) is 7.34. The van der Waals surface area contributed by atoms with Gasteiger partial charge < -0.3 is 34.6 Å². The Labute approximate surface area is 453 Å². The smallest absolute Gasteiger partial charge is 0.852 e. The number of allylic oxidation sites excluding steroid dienone is 3. The zero-order valence-corrected chi connectivity index (χ0v) is 49.0. The number of ether oxygens (including phenoxy) is 3. The van der Waals surface area contributed by atoms with Crippen LogP contribution in [0.2, 0.25) is 0 Å². The fourth-order valence-electron chi connectivity index (χ4n) is 7.34. The summed E-state index contributed by atoms with van der Waals surface area (Å²) in [5.41, 5.74) is 0. The Hall–Kier alpha value is -1.82. The molecule has 0 fully saturated rings. The van der Waals surface area contributed by atoms with Crippen LogP contribution in [0.4, 0.5) is 0 Å². The largest absolute Gasteiger partial charge is 4.00 e. The van der Waals surface area contributed by atoms with E-state index in [0.29, 0.717) is 38.5 Å². The summed E-state index contributed by atoms with van der Waals surface area (Å²) in [7, 11) is 4.31. The molecule has 11 heteroatoms. The quantitative estimate of drug-likeness (QED) is 0.0188. The molecule has 0 aliphatic heterocycles. The number of hydrogen-bond donors (Lipinski definition) is 0. The van der Waals surface area contributed by atoms with Gasteiger partial charge in [0, 0.05) is 19.3 Å². The van der Waals surface area contributed by atoms with Crippen LogP contribution in [0.25, 0.3) is 0 Å². The second-order valence-corrected chi connectivity index (χ2v) is 19.2. The molecule has 0 spiro atoms. The van der Waals surface area contributed by atoms with E-state index in [1.165, 1.54) is 137 Å². The second-order valence-electron chi connectivity index (χ2n) is 19.2. The molecule has 0 heterocycles. The van der Waals surface area contributed by atoms with E-state index >= 15 is 0 Å². The summed E-state index contributed by atoms with van der Waals surface area (Å²) < 4.78 is 13.8. The number of unbranched alkanes of at least 4 members (excludes halogenated alkanes) is 24. The van der Waals surface area contributed by atoms with Crippen molar-refractivity contribution in [1.29, 1.82) is 0 Å². The molecule has 10 nitrogen and oxygen atoms in total. The third-order valence-electron chi connectivity index (χ3n) is 11.8. The molecule has 0 saturated heterocycles. The summed E-state index contributed by atoms with van der Waals surface area (Å²) in [4.78, 5) is 32.7. The van der Waals surface area contributed by atoms with Crippen LogP contribution in [0, 0.1) is 0 Å². The summed E-state index contributed by atoms with van der Waals surface area (Å²) >= 11 is 0. The topological polar surface area (TPSA) is 171 Å². The summed E-state index contributed by atoms with van der Waals surface area (Å²) in [6, 6.07) is 0. The van der Waals surface area contributed by atoms with Crippen LogP contribution in [-0.2, 0) is 50.3 Å². The van der Waals surface area contributed by atoms with Crippen LogP contribution in [-0.4, -0.2) is 63.7 Å². The van der Waals surface area contributed by atoms with E-state index < -0.39 is 24.4 Å². The molecule has 0 radical (unpaired) electrons. The van der Waals surface area contributed by atoms with Crippen molar-refractivity contribution in [2.45, 2.75) is 309 Å². The zero-order valence-electron chi connectivity index (χ0n) is 47.4. The molecule has 0 aliphatic carbocycles. The molecule has 0 N–H and O–H groups in total. The van der Waals surface area contributed by atoms with Crippen LogP contribution in [0.3, 0.4) is 0 Å². The molecular formula is C60H112O10Ti. The first-order valence-electron chi connectivity index (χ1n) is 28.6. The maximum absolute atomic E-state index is 11.7. The van der Waals surface area contributed by atoms with Crippen molar-refractivity contribution in [2.75, 3.05) is 21.3 Å². The minimum absolute atomic E-state index is 0. The van der Waals surface area contributed by atoms with Gasteiger partial charge in [0.2, 0.25) is 0 Å². The molecular weight excluding hydrogens is 929 g/mol. The number of esters is 3.